The van der Waals surface area contributed by atoms with E-state index in [1.54, 1.807) is 7.11 Å². The number of hydrogen-bond acceptors (Lipinski definition) is 6. The molecule has 0 amide bonds. The molecule has 0 bridgehead atoms. The van der Waals surface area contributed by atoms with Crippen LogP contribution in [0, 0.1) is 0 Å². The van der Waals surface area contributed by atoms with Crippen molar-refractivity contribution in [2.75, 3.05) is 14.2 Å². The molecule has 0 aliphatic rings. The summed E-state index contributed by atoms with van der Waals surface area (Å²) < 4.78 is 16.2. The monoisotopic (exact) mass is 291 g/mol. The van der Waals surface area contributed by atoms with Crippen molar-refractivity contribution in [3.05, 3.63) is 35.5 Å². The zero-order valence-electron chi connectivity index (χ0n) is 12.8. The first-order valence-electron chi connectivity index (χ1n) is 6.90. The van der Waals surface area contributed by atoms with Crippen LogP contribution < -0.4 is 14.8 Å². The molecule has 0 spiro atoms. The van der Waals surface area contributed by atoms with Crippen LogP contribution >= 0.6 is 0 Å². The van der Waals surface area contributed by atoms with E-state index in [2.05, 4.69) is 15.5 Å². The topological polar surface area (TPSA) is 69.4 Å². The van der Waals surface area contributed by atoms with Gasteiger partial charge in [0.05, 0.1) is 7.11 Å². The second-order valence-electron chi connectivity index (χ2n) is 5.01. The number of methoxy groups -OCH3 is 1. The van der Waals surface area contributed by atoms with Crippen LogP contribution in [0.1, 0.15) is 37.0 Å². The third-order valence-corrected chi connectivity index (χ3v) is 2.94. The molecule has 21 heavy (non-hydrogen) atoms. The largest absolute Gasteiger partial charge is 0.493 e. The van der Waals surface area contributed by atoms with Crippen molar-refractivity contribution in [1.82, 2.24) is 15.5 Å². The fourth-order valence-electron chi connectivity index (χ4n) is 1.85. The molecule has 1 aromatic heterocycles. The molecule has 1 N–H and O–H groups in total. The highest BCUT2D eigenvalue weighted by Crippen LogP contribution is 2.28. The van der Waals surface area contributed by atoms with Crippen LogP contribution in [0.25, 0.3) is 0 Å². The molecule has 1 heterocycles. The van der Waals surface area contributed by atoms with E-state index in [1.165, 1.54) is 0 Å². The van der Waals surface area contributed by atoms with Gasteiger partial charge in [0, 0.05) is 12.5 Å². The van der Waals surface area contributed by atoms with Crippen LogP contribution in [0.5, 0.6) is 11.5 Å². The van der Waals surface area contributed by atoms with Gasteiger partial charge < -0.3 is 19.3 Å². The Hall–Kier alpha value is -2.08. The predicted molar refractivity (Wildman–Crippen MR) is 78.5 cm³/mol. The number of nitrogens with one attached hydrogen (secondary N) is 1. The van der Waals surface area contributed by atoms with Gasteiger partial charge in [-0.3, -0.25) is 0 Å². The molecule has 0 radical (unpaired) electrons. The standard InChI is InChI=1S/C15H21N3O3/c1-10(2)15-17-14(18-21-15)9-20-12-6-5-11(8-16-3)7-13(12)19-4/h5-7,10,16H,8-9H2,1-4H3. The number of ether oxygens (including phenoxy) is 2. The van der Waals surface area contributed by atoms with Crippen molar-refractivity contribution >= 4 is 0 Å². The fraction of sp³-hybridized carbons (Fsp3) is 0.467. The van der Waals surface area contributed by atoms with Gasteiger partial charge in [0.1, 0.15) is 0 Å². The van der Waals surface area contributed by atoms with Crippen molar-refractivity contribution in [2.45, 2.75) is 32.9 Å². The molecule has 2 aromatic rings. The summed E-state index contributed by atoms with van der Waals surface area (Å²) in [7, 11) is 3.52. The first-order chi connectivity index (χ1) is 10.1. The minimum Gasteiger partial charge on any atom is -0.493 e. The Labute approximate surface area is 124 Å². The summed E-state index contributed by atoms with van der Waals surface area (Å²) in [5.41, 5.74) is 1.13. The third-order valence-electron chi connectivity index (χ3n) is 2.94. The molecule has 2 rings (SSSR count). The van der Waals surface area contributed by atoms with Gasteiger partial charge in [0.2, 0.25) is 11.7 Å². The van der Waals surface area contributed by atoms with Crippen molar-refractivity contribution < 1.29 is 14.0 Å². The molecule has 0 unspecified atom stereocenters. The molecule has 0 aliphatic carbocycles. The highest BCUT2D eigenvalue weighted by molar-refractivity contribution is 5.42. The van der Waals surface area contributed by atoms with Gasteiger partial charge in [-0.15, -0.1) is 0 Å². The second kappa shape index (κ2) is 7.08. The van der Waals surface area contributed by atoms with Gasteiger partial charge in [-0.05, 0) is 24.7 Å². The Balaban J connectivity index is 2.04. The Morgan fingerprint density at radius 2 is 2.10 bits per heavy atom. The molecule has 0 saturated heterocycles. The maximum absolute atomic E-state index is 5.71. The van der Waals surface area contributed by atoms with Crippen molar-refractivity contribution in [3.63, 3.8) is 0 Å². The number of hydrogen-bond donors (Lipinski definition) is 1. The minimum absolute atomic E-state index is 0.210. The van der Waals surface area contributed by atoms with Gasteiger partial charge in [-0.2, -0.15) is 4.98 Å². The maximum atomic E-state index is 5.71. The van der Waals surface area contributed by atoms with E-state index in [0.29, 0.717) is 23.2 Å². The first-order valence-corrected chi connectivity index (χ1v) is 6.90. The van der Waals surface area contributed by atoms with Crippen LogP contribution in [0.3, 0.4) is 0 Å². The van der Waals surface area contributed by atoms with E-state index in [9.17, 15) is 0 Å². The highest BCUT2D eigenvalue weighted by atomic mass is 16.5. The van der Waals surface area contributed by atoms with Crippen LogP contribution in [0.2, 0.25) is 0 Å². The summed E-state index contributed by atoms with van der Waals surface area (Å²) in [5, 5.41) is 6.99. The molecule has 6 nitrogen and oxygen atoms in total. The van der Waals surface area contributed by atoms with E-state index in [0.717, 1.165) is 12.1 Å². The summed E-state index contributed by atoms with van der Waals surface area (Å²) in [4.78, 5) is 4.27. The predicted octanol–water partition coefficient (Wildman–Crippen LogP) is 2.50. The second-order valence-corrected chi connectivity index (χ2v) is 5.01. The maximum Gasteiger partial charge on any atom is 0.229 e. The molecule has 114 valence electrons. The first kappa shape index (κ1) is 15.3. The zero-order valence-corrected chi connectivity index (χ0v) is 12.8. The average Bonchev–Trinajstić information content (AvgIpc) is 2.95. The Morgan fingerprint density at radius 1 is 1.29 bits per heavy atom. The molecule has 0 atom stereocenters. The van der Waals surface area contributed by atoms with Gasteiger partial charge in [0.25, 0.3) is 0 Å². The van der Waals surface area contributed by atoms with Crippen molar-refractivity contribution in [2.24, 2.45) is 0 Å². The average molecular weight is 291 g/mol. The molecular weight excluding hydrogens is 270 g/mol. The Bertz CT molecular complexity index is 581. The van der Waals surface area contributed by atoms with E-state index in [4.69, 9.17) is 14.0 Å². The summed E-state index contributed by atoms with van der Waals surface area (Å²) in [6, 6.07) is 5.82. The third kappa shape index (κ3) is 3.95. The lowest BCUT2D eigenvalue weighted by molar-refractivity contribution is 0.268. The SMILES string of the molecule is CNCc1ccc(OCc2noc(C(C)C)n2)c(OC)c1. The normalized spacial score (nSPS) is 10.9. The lowest BCUT2D eigenvalue weighted by Crippen LogP contribution is -2.06. The quantitative estimate of drug-likeness (QED) is 0.845. The van der Waals surface area contributed by atoms with Gasteiger partial charge in [-0.25, -0.2) is 0 Å². The van der Waals surface area contributed by atoms with Crippen LogP contribution in [0.4, 0.5) is 0 Å². The molecule has 1 aromatic carbocycles. The van der Waals surface area contributed by atoms with Gasteiger partial charge in [-0.1, -0.05) is 25.1 Å². The summed E-state index contributed by atoms with van der Waals surface area (Å²) in [5.74, 6) is 2.70. The molecule has 0 aliphatic heterocycles. The number of nitrogens with zero attached hydrogens (tertiary/aromatic N) is 2. The van der Waals surface area contributed by atoms with E-state index >= 15 is 0 Å². The highest BCUT2D eigenvalue weighted by Gasteiger charge is 2.12. The molecule has 0 saturated carbocycles. The summed E-state index contributed by atoms with van der Waals surface area (Å²) in [6.07, 6.45) is 0. The van der Waals surface area contributed by atoms with Crippen LogP contribution in [0.15, 0.2) is 22.7 Å². The Kier molecular flexibility index (Phi) is 5.16. The lowest BCUT2D eigenvalue weighted by atomic mass is 10.2. The number of aromatic nitrogens is 2. The molecule has 6 heteroatoms. The smallest absolute Gasteiger partial charge is 0.229 e. The molecular formula is C15H21N3O3. The van der Waals surface area contributed by atoms with Gasteiger partial charge >= 0.3 is 0 Å². The Morgan fingerprint density at radius 3 is 2.71 bits per heavy atom. The number of benzene rings is 1. The fourth-order valence-corrected chi connectivity index (χ4v) is 1.85. The van der Waals surface area contributed by atoms with Crippen LogP contribution in [-0.2, 0) is 13.2 Å². The van der Waals surface area contributed by atoms with Crippen molar-refractivity contribution in [3.8, 4) is 11.5 Å². The van der Waals surface area contributed by atoms with Gasteiger partial charge in [0.15, 0.2) is 18.1 Å². The van der Waals surface area contributed by atoms with Crippen LogP contribution in [-0.4, -0.2) is 24.3 Å². The van der Waals surface area contributed by atoms with Crippen molar-refractivity contribution in [1.29, 1.82) is 0 Å². The number of rotatable bonds is 7. The zero-order chi connectivity index (χ0) is 15.2. The lowest BCUT2D eigenvalue weighted by Gasteiger charge is -2.11. The van der Waals surface area contributed by atoms with E-state index < -0.39 is 0 Å². The van der Waals surface area contributed by atoms with E-state index in [-0.39, 0.29) is 12.5 Å². The summed E-state index contributed by atoms with van der Waals surface area (Å²) in [6.45, 7) is 5.03. The van der Waals surface area contributed by atoms with E-state index in [1.807, 2.05) is 39.1 Å². The summed E-state index contributed by atoms with van der Waals surface area (Å²) >= 11 is 0. The minimum atomic E-state index is 0.210. The molecule has 0 fully saturated rings.